The van der Waals surface area contributed by atoms with Crippen LogP contribution in [-0.2, 0) is 0 Å². The molecule has 0 amide bonds. The van der Waals surface area contributed by atoms with Gasteiger partial charge in [-0.25, -0.2) is 4.39 Å². The molecule has 1 atom stereocenters. The van der Waals surface area contributed by atoms with Gasteiger partial charge in [-0.15, -0.1) is 11.3 Å². The second-order valence-corrected chi connectivity index (χ2v) is 5.76. The molecule has 1 N–H and O–H groups in total. The second-order valence-electron chi connectivity index (χ2n) is 3.96. The predicted molar refractivity (Wildman–Crippen MR) is 76.4 cm³/mol. The number of aromatic nitrogens is 1. The molecule has 0 fully saturated rings. The molecule has 5 heteroatoms. The SMILES string of the molecule is CCCNC(c1cncc(F)c1)c1sccc1Br. The number of thiophene rings is 1. The summed E-state index contributed by atoms with van der Waals surface area (Å²) in [5, 5.41) is 5.45. The van der Waals surface area contributed by atoms with Gasteiger partial charge in [0, 0.05) is 15.5 Å². The number of halogens is 2. The summed E-state index contributed by atoms with van der Waals surface area (Å²) >= 11 is 5.18. The van der Waals surface area contributed by atoms with Gasteiger partial charge in [0.05, 0.1) is 12.2 Å². The summed E-state index contributed by atoms with van der Waals surface area (Å²) in [4.78, 5) is 5.08. The van der Waals surface area contributed by atoms with E-state index in [9.17, 15) is 4.39 Å². The first-order chi connectivity index (χ1) is 8.72. The summed E-state index contributed by atoms with van der Waals surface area (Å²) in [6.45, 7) is 2.99. The Bertz CT molecular complexity index is 515. The Labute approximate surface area is 118 Å². The zero-order valence-corrected chi connectivity index (χ0v) is 12.4. The lowest BCUT2D eigenvalue weighted by Crippen LogP contribution is -2.23. The summed E-state index contributed by atoms with van der Waals surface area (Å²) in [6, 6.07) is 3.53. The summed E-state index contributed by atoms with van der Waals surface area (Å²) in [5.74, 6) is -0.302. The summed E-state index contributed by atoms with van der Waals surface area (Å²) in [7, 11) is 0. The lowest BCUT2D eigenvalue weighted by Gasteiger charge is -2.18. The smallest absolute Gasteiger partial charge is 0.141 e. The molecule has 2 nitrogen and oxygen atoms in total. The van der Waals surface area contributed by atoms with Crippen molar-refractivity contribution in [1.82, 2.24) is 10.3 Å². The Morgan fingerprint density at radius 2 is 2.33 bits per heavy atom. The average Bonchev–Trinajstić information content (AvgIpc) is 2.77. The molecule has 1 unspecified atom stereocenters. The van der Waals surface area contributed by atoms with Gasteiger partial charge < -0.3 is 5.32 Å². The van der Waals surface area contributed by atoms with E-state index in [1.807, 2.05) is 11.4 Å². The molecule has 0 aliphatic rings. The van der Waals surface area contributed by atoms with Crippen molar-refractivity contribution in [1.29, 1.82) is 0 Å². The summed E-state index contributed by atoms with van der Waals surface area (Å²) in [6.07, 6.45) is 3.97. The number of nitrogens with one attached hydrogen (secondary N) is 1. The van der Waals surface area contributed by atoms with Crippen LogP contribution in [0.5, 0.6) is 0 Å². The number of nitrogens with zero attached hydrogens (tertiary/aromatic N) is 1. The predicted octanol–water partition coefficient (Wildman–Crippen LogP) is 4.13. The number of hydrogen-bond acceptors (Lipinski definition) is 3. The van der Waals surface area contributed by atoms with Gasteiger partial charge in [-0.05, 0) is 52.0 Å². The van der Waals surface area contributed by atoms with E-state index in [0.717, 1.165) is 27.9 Å². The van der Waals surface area contributed by atoms with Gasteiger partial charge in [0.15, 0.2) is 0 Å². The van der Waals surface area contributed by atoms with Crippen LogP contribution in [0.1, 0.15) is 29.8 Å². The average molecular weight is 329 g/mol. The van der Waals surface area contributed by atoms with Crippen LogP contribution in [0.2, 0.25) is 0 Å². The van der Waals surface area contributed by atoms with Crippen molar-refractivity contribution in [2.24, 2.45) is 0 Å². The lowest BCUT2D eigenvalue weighted by atomic mass is 10.1. The molecule has 0 radical (unpaired) electrons. The van der Waals surface area contributed by atoms with Gasteiger partial charge in [-0.2, -0.15) is 0 Å². The molecule has 18 heavy (non-hydrogen) atoms. The van der Waals surface area contributed by atoms with Crippen LogP contribution in [0, 0.1) is 5.82 Å². The van der Waals surface area contributed by atoms with Gasteiger partial charge in [0.2, 0.25) is 0 Å². The van der Waals surface area contributed by atoms with E-state index in [-0.39, 0.29) is 11.9 Å². The molecule has 0 aromatic carbocycles. The highest BCUT2D eigenvalue weighted by atomic mass is 79.9. The minimum Gasteiger partial charge on any atom is -0.306 e. The van der Waals surface area contributed by atoms with Crippen LogP contribution in [0.3, 0.4) is 0 Å². The maximum atomic E-state index is 13.3. The molecule has 0 saturated carbocycles. The normalized spacial score (nSPS) is 12.6. The Hall–Kier alpha value is -0.780. The summed E-state index contributed by atoms with van der Waals surface area (Å²) < 4.78 is 14.3. The monoisotopic (exact) mass is 328 g/mol. The van der Waals surface area contributed by atoms with Gasteiger partial charge in [-0.3, -0.25) is 4.98 Å². The highest BCUT2D eigenvalue weighted by Gasteiger charge is 2.18. The Morgan fingerprint density at radius 3 is 2.94 bits per heavy atom. The molecule has 2 rings (SSSR count). The fourth-order valence-corrected chi connectivity index (χ4v) is 3.45. The Balaban J connectivity index is 2.33. The first-order valence-corrected chi connectivity index (χ1v) is 7.46. The van der Waals surface area contributed by atoms with E-state index in [1.54, 1.807) is 17.5 Å². The summed E-state index contributed by atoms with van der Waals surface area (Å²) in [5.41, 5.74) is 0.853. The third-order valence-electron chi connectivity index (χ3n) is 2.56. The van der Waals surface area contributed by atoms with Gasteiger partial charge in [0.1, 0.15) is 5.82 Å². The fourth-order valence-electron chi connectivity index (χ4n) is 1.75. The maximum absolute atomic E-state index is 13.3. The van der Waals surface area contributed by atoms with Crippen molar-refractivity contribution >= 4 is 27.3 Å². The Kier molecular flexibility index (Phi) is 4.86. The molecule has 2 heterocycles. The fraction of sp³-hybridized carbons (Fsp3) is 0.308. The lowest BCUT2D eigenvalue weighted by molar-refractivity contribution is 0.584. The van der Waals surface area contributed by atoms with Crippen molar-refractivity contribution in [3.63, 3.8) is 0 Å². The topological polar surface area (TPSA) is 24.9 Å². The maximum Gasteiger partial charge on any atom is 0.141 e. The van der Waals surface area contributed by atoms with Crippen molar-refractivity contribution in [3.05, 3.63) is 50.6 Å². The van der Waals surface area contributed by atoms with Crippen molar-refractivity contribution in [3.8, 4) is 0 Å². The zero-order valence-electron chi connectivity index (χ0n) is 9.99. The first-order valence-electron chi connectivity index (χ1n) is 5.79. The number of pyridine rings is 1. The molecule has 0 spiro atoms. The van der Waals surface area contributed by atoms with E-state index >= 15 is 0 Å². The van der Waals surface area contributed by atoms with Crippen LogP contribution in [-0.4, -0.2) is 11.5 Å². The standard InChI is InChI=1S/C13H14BrFN2S/c1-2-4-17-12(13-11(14)3-5-18-13)9-6-10(15)8-16-7-9/h3,5-8,12,17H,2,4H2,1H3. The molecular weight excluding hydrogens is 315 g/mol. The largest absolute Gasteiger partial charge is 0.306 e. The minimum absolute atomic E-state index is 0.0116. The molecule has 2 aromatic heterocycles. The molecule has 0 aliphatic heterocycles. The van der Waals surface area contributed by atoms with Crippen LogP contribution in [0.4, 0.5) is 4.39 Å². The first kappa shape index (κ1) is 13.6. The van der Waals surface area contributed by atoms with E-state index < -0.39 is 0 Å². The molecule has 0 aliphatic carbocycles. The van der Waals surface area contributed by atoms with Gasteiger partial charge in [-0.1, -0.05) is 6.92 Å². The minimum atomic E-state index is -0.302. The number of rotatable bonds is 5. The van der Waals surface area contributed by atoms with E-state index in [4.69, 9.17) is 0 Å². The molecule has 0 saturated heterocycles. The van der Waals surface area contributed by atoms with E-state index in [0.29, 0.717) is 0 Å². The van der Waals surface area contributed by atoms with Crippen molar-refractivity contribution in [2.75, 3.05) is 6.54 Å². The zero-order chi connectivity index (χ0) is 13.0. The van der Waals surface area contributed by atoms with Gasteiger partial charge >= 0.3 is 0 Å². The highest BCUT2D eigenvalue weighted by molar-refractivity contribution is 9.10. The van der Waals surface area contributed by atoms with E-state index in [2.05, 4.69) is 33.2 Å². The number of hydrogen-bond donors (Lipinski definition) is 1. The second kappa shape index (κ2) is 6.41. The van der Waals surface area contributed by atoms with Crippen LogP contribution >= 0.6 is 27.3 Å². The van der Waals surface area contributed by atoms with Crippen LogP contribution < -0.4 is 5.32 Å². The third-order valence-corrected chi connectivity index (χ3v) is 4.50. The Morgan fingerprint density at radius 1 is 1.50 bits per heavy atom. The third kappa shape index (κ3) is 3.16. The van der Waals surface area contributed by atoms with Crippen LogP contribution in [0.15, 0.2) is 34.4 Å². The van der Waals surface area contributed by atoms with E-state index in [1.165, 1.54) is 12.3 Å². The quantitative estimate of drug-likeness (QED) is 0.892. The van der Waals surface area contributed by atoms with Crippen molar-refractivity contribution in [2.45, 2.75) is 19.4 Å². The molecule has 0 bridgehead atoms. The molecular formula is C13H14BrFN2S. The van der Waals surface area contributed by atoms with Crippen molar-refractivity contribution < 1.29 is 4.39 Å². The molecule has 2 aromatic rings. The molecule has 96 valence electrons. The van der Waals surface area contributed by atoms with Gasteiger partial charge in [0.25, 0.3) is 0 Å². The van der Waals surface area contributed by atoms with Crippen LogP contribution in [0.25, 0.3) is 0 Å². The highest BCUT2D eigenvalue weighted by Crippen LogP contribution is 2.33.